The lowest BCUT2D eigenvalue weighted by Gasteiger charge is -1.95. The van der Waals surface area contributed by atoms with Crippen molar-refractivity contribution in [2.24, 2.45) is 4.99 Å². The van der Waals surface area contributed by atoms with Crippen molar-refractivity contribution in [3.8, 4) is 0 Å². The Morgan fingerprint density at radius 2 is 2.27 bits per heavy atom. The number of nitrogens with zero attached hydrogens (tertiary/aromatic N) is 2. The van der Waals surface area contributed by atoms with Crippen LogP contribution in [0.3, 0.4) is 0 Å². The SMILES string of the molecule is O=C=NC=Cc1ccc([N+](=O)[O-])c(F)c1. The smallest absolute Gasteiger partial charge is 0.258 e. The molecule has 6 heteroatoms. The molecule has 76 valence electrons. The quantitative estimate of drug-likeness (QED) is 0.330. The summed E-state index contributed by atoms with van der Waals surface area (Å²) in [6.07, 6.45) is 3.72. The molecule has 0 aliphatic rings. The zero-order valence-electron chi connectivity index (χ0n) is 7.38. The molecule has 1 aromatic carbocycles. The van der Waals surface area contributed by atoms with Crippen LogP contribution in [0.1, 0.15) is 5.56 Å². The first kappa shape index (κ1) is 10.7. The van der Waals surface area contributed by atoms with Crippen LogP contribution >= 0.6 is 0 Å². The summed E-state index contributed by atoms with van der Waals surface area (Å²) in [5.41, 5.74) is -0.219. The maximum absolute atomic E-state index is 13.0. The van der Waals surface area contributed by atoms with Crippen LogP contribution in [0, 0.1) is 15.9 Å². The normalized spacial score (nSPS) is 9.93. The minimum Gasteiger partial charge on any atom is -0.258 e. The summed E-state index contributed by atoms with van der Waals surface area (Å²) >= 11 is 0. The fraction of sp³-hybridized carbons (Fsp3) is 0. The molecule has 0 N–H and O–H groups in total. The minimum absolute atomic E-state index is 0.372. The van der Waals surface area contributed by atoms with Crippen LogP contribution in [0.15, 0.2) is 29.4 Å². The fourth-order valence-electron chi connectivity index (χ4n) is 0.929. The van der Waals surface area contributed by atoms with Gasteiger partial charge in [-0.15, -0.1) is 0 Å². The van der Waals surface area contributed by atoms with E-state index in [1.807, 2.05) is 0 Å². The Balaban J connectivity index is 3.01. The van der Waals surface area contributed by atoms with E-state index in [9.17, 15) is 19.3 Å². The van der Waals surface area contributed by atoms with Crippen LogP contribution in [0.25, 0.3) is 6.08 Å². The third-order valence-corrected chi connectivity index (χ3v) is 1.56. The summed E-state index contributed by atoms with van der Waals surface area (Å²) in [7, 11) is 0. The molecule has 5 nitrogen and oxygen atoms in total. The number of nitro benzene ring substituents is 1. The van der Waals surface area contributed by atoms with Gasteiger partial charge < -0.3 is 0 Å². The molecule has 0 aliphatic carbocycles. The van der Waals surface area contributed by atoms with Crippen LogP contribution in [0.4, 0.5) is 10.1 Å². The average Bonchev–Trinajstić information content (AvgIpc) is 2.17. The lowest BCUT2D eigenvalue weighted by Crippen LogP contribution is -1.92. The molecule has 0 bridgehead atoms. The number of hydrogen-bond donors (Lipinski definition) is 0. The van der Waals surface area contributed by atoms with Gasteiger partial charge in [0.15, 0.2) is 0 Å². The second-order valence-corrected chi connectivity index (χ2v) is 2.50. The van der Waals surface area contributed by atoms with Crippen molar-refractivity contribution in [1.82, 2.24) is 0 Å². The van der Waals surface area contributed by atoms with Crippen molar-refractivity contribution in [2.45, 2.75) is 0 Å². The van der Waals surface area contributed by atoms with E-state index >= 15 is 0 Å². The zero-order chi connectivity index (χ0) is 11.3. The van der Waals surface area contributed by atoms with Gasteiger partial charge >= 0.3 is 5.69 Å². The van der Waals surface area contributed by atoms with Gasteiger partial charge in [-0.2, -0.15) is 9.38 Å². The van der Waals surface area contributed by atoms with Gasteiger partial charge in [-0.3, -0.25) is 10.1 Å². The Bertz CT molecular complexity index is 464. The summed E-state index contributed by atoms with van der Waals surface area (Å²) in [6, 6.07) is 3.37. The predicted molar refractivity (Wildman–Crippen MR) is 50.2 cm³/mol. The molecule has 0 unspecified atom stereocenters. The topological polar surface area (TPSA) is 72.6 Å². The molecular weight excluding hydrogens is 203 g/mol. The lowest BCUT2D eigenvalue weighted by molar-refractivity contribution is -0.387. The first-order valence-electron chi connectivity index (χ1n) is 3.82. The highest BCUT2D eigenvalue weighted by atomic mass is 19.1. The average molecular weight is 208 g/mol. The Morgan fingerprint density at radius 3 is 2.80 bits per heavy atom. The highest BCUT2D eigenvalue weighted by Gasteiger charge is 2.12. The van der Waals surface area contributed by atoms with Gasteiger partial charge in [0, 0.05) is 12.3 Å². The summed E-state index contributed by atoms with van der Waals surface area (Å²) < 4.78 is 13.0. The number of isocyanates is 1. The minimum atomic E-state index is -0.933. The Kier molecular flexibility index (Phi) is 3.43. The number of nitro groups is 1. The monoisotopic (exact) mass is 208 g/mol. The summed E-state index contributed by atoms with van der Waals surface area (Å²) in [5, 5.41) is 10.3. The molecule has 1 aromatic rings. The molecule has 0 saturated carbocycles. The summed E-state index contributed by atoms with van der Waals surface area (Å²) in [4.78, 5) is 22.3. The maximum atomic E-state index is 13.0. The number of rotatable bonds is 3. The fourth-order valence-corrected chi connectivity index (χ4v) is 0.929. The van der Waals surface area contributed by atoms with Crippen molar-refractivity contribution in [3.63, 3.8) is 0 Å². The van der Waals surface area contributed by atoms with Gasteiger partial charge in [-0.1, -0.05) is 0 Å². The Hall–Kier alpha value is -2.33. The van der Waals surface area contributed by atoms with Crippen LogP contribution in [0.5, 0.6) is 0 Å². The second kappa shape index (κ2) is 4.78. The third-order valence-electron chi connectivity index (χ3n) is 1.56. The highest BCUT2D eigenvalue weighted by Crippen LogP contribution is 2.18. The largest absolute Gasteiger partial charge is 0.304 e. The van der Waals surface area contributed by atoms with E-state index in [1.54, 1.807) is 0 Å². The molecule has 0 atom stereocenters. The number of hydrogen-bond acceptors (Lipinski definition) is 4. The van der Waals surface area contributed by atoms with Crippen molar-refractivity contribution in [2.75, 3.05) is 0 Å². The van der Waals surface area contributed by atoms with Gasteiger partial charge in [0.05, 0.1) is 4.92 Å². The van der Waals surface area contributed by atoms with E-state index in [4.69, 9.17) is 0 Å². The Morgan fingerprint density at radius 1 is 1.53 bits per heavy atom. The van der Waals surface area contributed by atoms with E-state index < -0.39 is 16.4 Å². The van der Waals surface area contributed by atoms with Crippen molar-refractivity contribution in [1.29, 1.82) is 0 Å². The van der Waals surface area contributed by atoms with E-state index in [1.165, 1.54) is 18.2 Å². The standard InChI is InChI=1S/C9H5FN2O3/c10-8-5-7(3-4-11-6-13)1-2-9(8)12(14)15/h1-5H. The van der Waals surface area contributed by atoms with Crippen LogP contribution in [-0.2, 0) is 4.79 Å². The molecule has 0 spiro atoms. The summed E-state index contributed by atoms with van der Waals surface area (Å²) in [6.45, 7) is 0. The molecule has 0 aliphatic heterocycles. The van der Waals surface area contributed by atoms with Crippen LogP contribution < -0.4 is 0 Å². The zero-order valence-corrected chi connectivity index (χ0v) is 7.38. The van der Waals surface area contributed by atoms with E-state index in [0.29, 0.717) is 5.56 Å². The van der Waals surface area contributed by atoms with Gasteiger partial charge in [0.25, 0.3) is 0 Å². The van der Waals surface area contributed by atoms with Crippen molar-refractivity contribution < 1.29 is 14.1 Å². The van der Waals surface area contributed by atoms with Gasteiger partial charge in [-0.25, -0.2) is 4.79 Å². The predicted octanol–water partition coefficient (Wildman–Crippen LogP) is 2.04. The first-order chi connectivity index (χ1) is 7.15. The molecule has 0 fully saturated rings. The maximum Gasteiger partial charge on any atom is 0.304 e. The number of benzene rings is 1. The molecule has 0 amide bonds. The highest BCUT2D eigenvalue weighted by molar-refractivity contribution is 5.53. The number of carbonyl (C=O) groups excluding carboxylic acids is 1. The first-order valence-corrected chi connectivity index (χ1v) is 3.82. The van der Waals surface area contributed by atoms with E-state index in [-0.39, 0.29) is 0 Å². The number of halogens is 1. The third kappa shape index (κ3) is 2.82. The molecule has 15 heavy (non-hydrogen) atoms. The molecule has 0 radical (unpaired) electrons. The van der Waals surface area contributed by atoms with Crippen molar-refractivity contribution >= 4 is 17.8 Å². The van der Waals surface area contributed by atoms with Crippen LogP contribution in [-0.4, -0.2) is 11.0 Å². The number of aliphatic imine (C=N–C) groups is 1. The molecule has 0 heterocycles. The Labute approximate surface area is 83.7 Å². The molecular formula is C9H5FN2O3. The van der Waals surface area contributed by atoms with Crippen molar-refractivity contribution in [3.05, 3.63) is 45.9 Å². The second-order valence-electron chi connectivity index (χ2n) is 2.50. The molecule has 0 saturated heterocycles. The van der Waals surface area contributed by atoms with E-state index in [2.05, 4.69) is 4.99 Å². The lowest BCUT2D eigenvalue weighted by atomic mass is 10.2. The van der Waals surface area contributed by atoms with Crippen LogP contribution in [0.2, 0.25) is 0 Å². The molecule has 0 aromatic heterocycles. The van der Waals surface area contributed by atoms with Gasteiger partial charge in [0.2, 0.25) is 11.9 Å². The van der Waals surface area contributed by atoms with E-state index in [0.717, 1.165) is 18.3 Å². The summed E-state index contributed by atoms with van der Waals surface area (Å²) in [5.74, 6) is -0.933. The van der Waals surface area contributed by atoms with Gasteiger partial charge in [0.1, 0.15) is 0 Å². The van der Waals surface area contributed by atoms with Gasteiger partial charge in [-0.05, 0) is 23.8 Å². The molecule has 1 rings (SSSR count).